The summed E-state index contributed by atoms with van der Waals surface area (Å²) in [5.41, 5.74) is 3.33. The molecule has 6 heteroatoms. The summed E-state index contributed by atoms with van der Waals surface area (Å²) in [5.74, 6) is 1.18. The molecule has 1 aromatic heterocycles. The normalized spacial score (nSPS) is 10.5. The second-order valence-corrected chi connectivity index (χ2v) is 6.44. The first-order valence-electron chi connectivity index (χ1n) is 9.22. The average Bonchev–Trinajstić information content (AvgIpc) is 2.99. The van der Waals surface area contributed by atoms with Crippen molar-refractivity contribution in [3.8, 4) is 11.5 Å². The number of para-hydroxylation sites is 2. The van der Waals surface area contributed by atoms with E-state index in [0.29, 0.717) is 36.8 Å². The highest BCUT2D eigenvalue weighted by atomic mass is 16.5. The number of carbonyl (C=O) groups is 1. The molecule has 1 N–H and O–H groups in total. The Hall–Kier alpha value is -3.28. The van der Waals surface area contributed by atoms with Gasteiger partial charge in [-0.05, 0) is 31.5 Å². The number of nitrogens with one attached hydrogen (secondary N) is 1. The highest BCUT2D eigenvalue weighted by Gasteiger charge is 2.18. The standard InChI is InChI=1S/C22H25N3O3/c1-16-21(17(2)25(24-16)15-18-9-5-4-6-10-18)22(26)23-13-14-28-20-12-8-7-11-19(20)27-3/h4-12H,13-15H2,1-3H3,(H,23,26). The van der Waals surface area contributed by atoms with E-state index in [2.05, 4.69) is 10.4 Å². The van der Waals surface area contributed by atoms with Gasteiger partial charge in [0.1, 0.15) is 6.61 Å². The van der Waals surface area contributed by atoms with E-state index in [1.165, 1.54) is 0 Å². The van der Waals surface area contributed by atoms with Crippen molar-refractivity contribution in [1.82, 2.24) is 15.1 Å². The van der Waals surface area contributed by atoms with E-state index in [1.807, 2.05) is 73.1 Å². The van der Waals surface area contributed by atoms with E-state index < -0.39 is 0 Å². The van der Waals surface area contributed by atoms with E-state index in [9.17, 15) is 4.79 Å². The maximum absolute atomic E-state index is 12.6. The summed E-state index contributed by atoms with van der Waals surface area (Å²) in [5, 5.41) is 7.44. The summed E-state index contributed by atoms with van der Waals surface area (Å²) in [6.45, 7) is 5.15. The minimum absolute atomic E-state index is 0.141. The molecule has 0 aliphatic carbocycles. The van der Waals surface area contributed by atoms with Crippen molar-refractivity contribution in [3.63, 3.8) is 0 Å². The molecule has 0 fully saturated rings. The summed E-state index contributed by atoms with van der Waals surface area (Å²) in [4.78, 5) is 12.6. The Bertz CT molecular complexity index is 935. The average molecular weight is 379 g/mol. The number of hydrogen-bond donors (Lipinski definition) is 1. The first-order chi connectivity index (χ1) is 13.6. The van der Waals surface area contributed by atoms with Crippen molar-refractivity contribution in [2.24, 2.45) is 0 Å². The Morgan fingerprint density at radius 1 is 1.04 bits per heavy atom. The van der Waals surface area contributed by atoms with Crippen LogP contribution in [0.4, 0.5) is 0 Å². The van der Waals surface area contributed by atoms with Gasteiger partial charge in [-0.1, -0.05) is 42.5 Å². The van der Waals surface area contributed by atoms with Crippen LogP contribution < -0.4 is 14.8 Å². The predicted molar refractivity (Wildman–Crippen MR) is 108 cm³/mol. The van der Waals surface area contributed by atoms with Crippen LogP contribution in [0.2, 0.25) is 0 Å². The van der Waals surface area contributed by atoms with Crippen molar-refractivity contribution in [3.05, 3.63) is 77.1 Å². The third-order valence-corrected chi connectivity index (χ3v) is 4.50. The molecule has 1 heterocycles. The Labute approximate surface area is 165 Å². The summed E-state index contributed by atoms with van der Waals surface area (Å²) >= 11 is 0. The fourth-order valence-electron chi connectivity index (χ4n) is 3.09. The number of methoxy groups -OCH3 is 1. The van der Waals surface area contributed by atoms with Crippen LogP contribution in [-0.4, -0.2) is 35.9 Å². The molecular weight excluding hydrogens is 354 g/mol. The Kier molecular flexibility index (Phi) is 6.32. The maximum atomic E-state index is 12.6. The van der Waals surface area contributed by atoms with Gasteiger partial charge in [0, 0.05) is 5.69 Å². The molecule has 0 unspecified atom stereocenters. The van der Waals surface area contributed by atoms with Gasteiger partial charge in [-0.3, -0.25) is 9.48 Å². The minimum atomic E-state index is -0.141. The molecule has 0 aliphatic rings. The summed E-state index contributed by atoms with van der Waals surface area (Å²) in [6.07, 6.45) is 0. The van der Waals surface area contributed by atoms with Crippen LogP contribution in [-0.2, 0) is 6.54 Å². The first-order valence-corrected chi connectivity index (χ1v) is 9.22. The molecule has 28 heavy (non-hydrogen) atoms. The lowest BCUT2D eigenvalue weighted by Crippen LogP contribution is -2.29. The molecule has 0 bridgehead atoms. The number of aryl methyl sites for hydroxylation is 1. The summed E-state index contributed by atoms with van der Waals surface area (Å²) in [7, 11) is 1.60. The third kappa shape index (κ3) is 4.52. The van der Waals surface area contributed by atoms with Crippen molar-refractivity contribution >= 4 is 5.91 Å². The smallest absolute Gasteiger partial charge is 0.255 e. The number of amides is 1. The van der Waals surface area contributed by atoms with E-state index in [4.69, 9.17) is 9.47 Å². The Morgan fingerprint density at radius 2 is 1.71 bits per heavy atom. The summed E-state index contributed by atoms with van der Waals surface area (Å²) < 4.78 is 12.8. The highest BCUT2D eigenvalue weighted by Crippen LogP contribution is 2.25. The third-order valence-electron chi connectivity index (χ3n) is 4.50. The molecule has 0 atom stereocenters. The van der Waals surface area contributed by atoms with Crippen molar-refractivity contribution in [2.75, 3.05) is 20.3 Å². The molecule has 0 spiro atoms. The topological polar surface area (TPSA) is 65.4 Å². The zero-order valence-electron chi connectivity index (χ0n) is 16.4. The molecule has 2 aromatic carbocycles. The fraction of sp³-hybridized carbons (Fsp3) is 0.273. The van der Waals surface area contributed by atoms with Gasteiger partial charge in [-0.25, -0.2) is 0 Å². The lowest BCUT2D eigenvalue weighted by atomic mass is 10.2. The second kappa shape index (κ2) is 9.08. The van der Waals surface area contributed by atoms with Gasteiger partial charge in [0.2, 0.25) is 0 Å². The Balaban J connectivity index is 1.58. The quantitative estimate of drug-likeness (QED) is 0.610. The van der Waals surface area contributed by atoms with Crippen LogP contribution in [0.1, 0.15) is 27.3 Å². The Morgan fingerprint density at radius 3 is 2.43 bits per heavy atom. The number of carbonyl (C=O) groups excluding carboxylic acids is 1. The number of aromatic nitrogens is 2. The monoisotopic (exact) mass is 379 g/mol. The van der Waals surface area contributed by atoms with Gasteiger partial charge in [0.15, 0.2) is 11.5 Å². The molecule has 0 saturated heterocycles. The van der Waals surface area contributed by atoms with E-state index in [1.54, 1.807) is 7.11 Å². The highest BCUT2D eigenvalue weighted by molar-refractivity contribution is 5.96. The van der Waals surface area contributed by atoms with Gasteiger partial charge < -0.3 is 14.8 Å². The number of nitrogens with zero attached hydrogens (tertiary/aromatic N) is 2. The first kappa shape index (κ1) is 19.5. The second-order valence-electron chi connectivity index (χ2n) is 6.44. The molecule has 146 valence electrons. The zero-order chi connectivity index (χ0) is 19.9. The van der Waals surface area contributed by atoms with Crippen LogP contribution in [0.15, 0.2) is 54.6 Å². The largest absolute Gasteiger partial charge is 0.493 e. The molecule has 6 nitrogen and oxygen atoms in total. The number of benzene rings is 2. The number of rotatable bonds is 8. The van der Waals surface area contributed by atoms with Crippen LogP contribution >= 0.6 is 0 Å². The SMILES string of the molecule is COc1ccccc1OCCNC(=O)c1c(C)nn(Cc2ccccc2)c1C. The van der Waals surface area contributed by atoms with E-state index in [0.717, 1.165) is 17.0 Å². The molecule has 3 rings (SSSR count). The van der Waals surface area contributed by atoms with E-state index in [-0.39, 0.29) is 5.91 Å². The van der Waals surface area contributed by atoms with Gasteiger partial charge in [0.05, 0.1) is 31.5 Å². The fourth-order valence-corrected chi connectivity index (χ4v) is 3.09. The van der Waals surface area contributed by atoms with Gasteiger partial charge in [-0.15, -0.1) is 0 Å². The lowest BCUT2D eigenvalue weighted by molar-refractivity contribution is 0.0945. The van der Waals surface area contributed by atoms with Crippen molar-refractivity contribution in [1.29, 1.82) is 0 Å². The lowest BCUT2D eigenvalue weighted by Gasteiger charge is -2.11. The van der Waals surface area contributed by atoms with Gasteiger partial charge >= 0.3 is 0 Å². The molecular formula is C22H25N3O3. The van der Waals surface area contributed by atoms with Crippen molar-refractivity contribution < 1.29 is 14.3 Å². The predicted octanol–water partition coefficient (Wildman–Crippen LogP) is 3.37. The molecule has 0 aliphatic heterocycles. The van der Waals surface area contributed by atoms with E-state index >= 15 is 0 Å². The molecule has 0 saturated carbocycles. The summed E-state index contributed by atoms with van der Waals surface area (Å²) in [6, 6.07) is 17.5. The van der Waals surface area contributed by atoms with Gasteiger partial charge in [-0.2, -0.15) is 5.10 Å². The molecule has 0 radical (unpaired) electrons. The van der Waals surface area contributed by atoms with Crippen LogP contribution in [0.5, 0.6) is 11.5 Å². The molecule has 3 aromatic rings. The maximum Gasteiger partial charge on any atom is 0.255 e. The minimum Gasteiger partial charge on any atom is -0.493 e. The number of hydrogen-bond acceptors (Lipinski definition) is 4. The van der Waals surface area contributed by atoms with Crippen molar-refractivity contribution in [2.45, 2.75) is 20.4 Å². The molecule has 1 amide bonds. The van der Waals surface area contributed by atoms with Crippen LogP contribution in [0.25, 0.3) is 0 Å². The van der Waals surface area contributed by atoms with Crippen LogP contribution in [0, 0.1) is 13.8 Å². The van der Waals surface area contributed by atoms with Crippen LogP contribution in [0.3, 0.4) is 0 Å². The zero-order valence-corrected chi connectivity index (χ0v) is 16.4. The number of ether oxygens (including phenoxy) is 2. The van der Waals surface area contributed by atoms with Gasteiger partial charge in [0.25, 0.3) is 5.91 Å².